The van der Waals surface area contributed by atoms with Gasteiger partial charge in [-0.2, -0.15) is 0 Å². The topological polar surface area (TPSA) is 83.1 Å². The van der Waals surface area contributed by atoms with Crippen LogP contribution >= 0.6 is 0 Å². The molecule has 2 aromatic carbocycles. The maximum absolute atomic E-state index is 11.9. The molecule has 7 nitrogen and oxygen atoms in total. The van der Waals surface area contributed by atoms with Crippen molar-refractivity contribution in [2.75, 3.05) is 27.4 Å². The highest BCUT2D eigenvalue weighted by Crippen LogP contribution is 2.27. The van der Waals surface area contributed by atoms with E-state index in [0.717, 1.165) is 5.56 Å². The summed E-state index contributed by atoms with van der Waals surface area (Å²) in [7, 11) is 3.14. The quantitative estimate of drug-likeness (QED) is 0.630. The minimum Gasteiger partial charge on any atom is -0.493 e. The molecule has 2 aromatic rings. The molecule has 0 heterocycles. The highest BCUT2D eigenvalue weighted by atomic mass is 16.6. The van der Waals surface area contributed by atoms with Crippen LogP contribution in [0.4, 0.5) is 0 Å². The van der Waals surface area contributed by atoms with Gasteiger partial charge in [-0.25, -0.2) is 4.79 Å². The summed E-state index contributed by atoms with van der Waals surface area (Å²) in [5.74, 6) is 0.868. The molecular formula is C21H25NO6. The van der Waals surface area contributed by atoms with Crippen LogP contribution in [0.5, 0.6) is 17.2 Å². The Morgan fingerprint density at radius 1 is 1.00 bits per heavy atom. The molecule has 0 radical (unpaired) electrons. The summed E-state index contributed by atoms with van der Waals surface area (Å²) < 4.78 is 20.9. The predicted octanol–water partition coefficient (Wildman–Crippen LogP) is 2.37. The third-order valence-corrected chi connectivity index (χ3v) is 3.92. The van der Waals surface area contributed by atoms with E-state index < -0.39 is 12.1 Å². The van der Waals surface area contributed by atoms with E-state index >= 15 is 0 Å². The lowest BCUT2D eigenvalue weighted by atomic mass is 10.1. The first-order valence-electron chi connectivity index (χ1n) is 8.89. The molecule has 7 heteroatoms. The number of nitrogens with one attached hydrogen (secondary N) is 1. The maximum Gasteiger partial charge on any atom is 0.347 e. The van der Waals surface area contributed by atoms with Crippen LogP contribution in [0, 0.1) is 0 Å². The summed E-state index contributed by atoms with van der Waals surface area (Å²) in [6.45, 7) is 1.62. The van der Waals surface area contributed by atoms with Gasteiger partial charge >= 0.3 is 5.97 Å². The Kier molecular flexibility index (Phi) is 8.14. The number of para-hydroxylation sites is 1. The predicted molar refractivity (Wildman–Crippen MR) is 104 cm³/mol. The van der Waals surface area contributed by atoms with Crippen molar-refractivity contribution in [1.29, 1.82) is 0 Å². The summed E-state index contributed by atoms with van der Waals surface area (Å²) in [6.07, 6.45) is -0.199. The van der Waals surface area contributed by atoms with Gasteiger partial charge in [0.15, 0.2) is 24.2 Å². The Balaban J connectivity index is 1.70. The van der Waals surface area contributed by atoms with E-state index in [2.05, 4.69) is 5.32 Å². The number of carbonyl (C=O) groups excluding carboxylic acids is 2. The van der Waals surface area contributed by atoms with Crippen molar-refractivity contribution < 1.29 is 28.5 Å². The molecule has 0 saturated carbocycles. The van der Waals surface area contributed by atoms with E-state index in [1.54, 1.807) is 45.4 Å². The molecule has 0 saturated heterocycles. The Morgan fingerprint density at radius 2 is 1.71 bits per heavy atom. The molecule has 1 atom stereocenters. The number of methoxy groups -OCH3 is 2. The number of ether oxygens (including phenoxy) is 4. The zero-order valence-electron chi connectivity index (χ0n) is 16.3. The summed E-state index contributed by atoms with van der Waals surface area (Å²) in [6, 6.07) is 14.5. The molecule has 0 aromatic heterocycles. The van der Waals surface area contributed by atoms with Gasteiger partial charge < -0.3 is 24.3 Å². The first-order valence-corrected chi connectivity index (χ1v) is 8.89. The molecule has 1 N–H and O–H groups in total. The Bertz CT molecular complexity index is 778. The van der Waals surface area contributed by atoms with E-state index in [-0.39, 0.29) is 12.5 Å². The fraction of sp³-hybridized carbons (Fsp3) is 0.333. The number of rotatable bonds is 10. The minimum absolute atomic E-state index is 0.354. The molecule has 0 aliphatic carbocycles. The molecule has 0 aliphatic rings. The first kappa shape index (κ1) is 21.1. The molecule has 1 amide bonds. The molecule has 0 spiro atoms. The Hall–Kier alpha value is -3.22. The number of benzene rings is 2. The average Bonchev–Trinajstić information content (AvgIpc) is 2.72. The van der Waals surface area contributed by atoms with Gasteiger partial charge in [-0.1, -0.05) is 24.3 Å². The van der Waals surface area contributed by atoms with Gasteiger partial charge in [0, 0.05) is 6.54 Å². The van der Waals surface area contributed by atoms with E-state index in [0.29, 0.717) is 30.2 Å². The van der Waals surface area contributed by atoms with Gasteiger partial charge in [0.1, 0.15) is 5.75 Å². The highest BCUT2D eigenvalue weighted by Gasteiger charge is 2.17. The fourth-order valence-corrected chi connectivity index (χ4v) is 2.44. The molecule has 1 unspecified atom stereocenters. The van der Waals surface area contributed by atoms with Gasteiger partial charge in [-0.05, 0) is 43.2 Å². The third kappa shape index (κ3) is 6.50. The Labute approximate surface area is 164 Å². The van der Waals surface area contributed by atoms with Gasteiger partial charge in [0.25, 0.3) is 5.91 Å². The largest absolute Gasteiger partial charge is 0.493 e. The van der Waals surface area contributed by atoms with Crippen LogP contribution in [-0.2, 0) is 20.7 Å². The number of amides is 1. The average molecular weight is 387 g/mol. The second kappa shape index (κ2) is 10.8. The van der Waals surface area contributed by atoms with Gasteiger partial charge in [0.2, 0.25) is 0 Å². The van der Waals surface area contributed by atoms with E-state index in [1.807, 2.05) is 24.3 Å². The number of hydrogen-bond acceptors (Lipinski definition) is 6. The molecular weight excluding hydrogens is 362 g/mol. The van der Waals surface area contributed by atoms with E-state index in [1.165, 1.54) is 0 Å². The third-order valence-electron chi connectivity index (χ3n) is 3.92. The number of carbonyl (C=O) groups is 2. The minimum atomic E-state index is -0.804. The molecule has 2 rings (SSSR count). The summed E-state index contributed by atoms with van der Waals surface area (Å²) >= 11 is 0. The van der Waals surface area contributed by atoms with Crippen molar-refractivity contribution in [3.05, 3.63) is 54.1 Å². The summed E-state index contributed by atoms with van der Waals surface area (Å²) in [5, 5.41) is 2.71. The molecule has 0 aliphatic heterocycles. The smallest absolute Gasteiger partial charge is 0.347 e. The van der Waals surface area contributed by atoms with Crippen molar-refractivity contribution in [3.63, 3.8) is 0 Å². The second-order valence-corrected chi connectivity index (χ2v) is 5.97. The lowest BCUT2D eigenvalue weighted by Crippen LogP contribution is -2.33. The SMILES string of the molecule is COc1ccc(CCNC(=O)COC(=O)C(C)Oc2ccccc2)cc1OC. The monoisotopic (exact) mass is 387 g/mol. The van der Waals surface area contributed by atoms with Gasteiger partial charge in [-0.15, -0.1) is 0 Å². The maximum atomic E-state index is 11.9. The normalized spacial score (nSPS) is 11.2. The standard InChI is InChI=1S/C21H25NO6/c1-15(28-17-7-5-4-6-8-17)21(24)27-14-20(23)22-12-11-16-9-10-18(25-2)19(13-16)26-3/h4-10,13,15H,11-12,14H2,1-3H3,(H,22,23). The molecule has 28 heavy (non-hydrogen) atoms. The Morgan fingerprint density at radius 3 is 2.39 bits per heavy atom. The highest BCUT2D eigenvalue weighted by molar-refractivity contribution is 5.82. The van der Waals surface area contributed by atoms with Crippen molar-refractivity contribution in [2.24, 2.45) is 0 Å². The fourth-order valence-electron chi connectivity index (χ4n) is 2.44. The van der Waals surface area contributed by atoms with Gasteiger partial charge in [0.05, 0.1) is 14.2 Å². The molecule has 0 bridgehead atoms. The lowest BCUT2D eigenvalue weighted by molar-refractivity contribution is -0.154. The van der Waals surface area contributed by atoms with Crippen LogP contribution in [0.2, 0.25) is 0 Å². The van der Waals surface area contributed by atoms with E-state index in [4.69, 9.17) is 18.9 Å². The van der Waals surface area contributed by atoms with Crippen molar-refractivity contribution in [1.82, 2.24) is 5.32 Å². The number of esters is 1. The molecule has 150 valence electrons. The van der Waals surface area contributed by atoms with Crippen LogP contribution in [0.3, 0.4) is 0 Å². The first-order chi connectivity index (χ1) is 13.5. The van der Waals surface area contributed by atoms with Crippen LogP contribution in [0.1, 0.15) is 12.5 Å². The van der Waals surface area contributed by atoms with Crippen molar-refractivity contribution in [2.45, 2.75) is 19.4 Å². The van der Waals surface area contributed by atoms with E-state index in [9.17, 15) is 9.59 Å². The van der Waals surface area contributed by atoms with Crippen LogP contribution in [0.15, 0.2) is 48.5 Å². The lowest BCUT2D eigenvalue weighted by Gasteiger charge is -2.14. The van der Waals surface area contributed by atoms with Crippen LogP contribution < -0.4 is 19.5 Å². The second-order valence-electron chi connectivity index (χ2n) is 5.97. The molecule has 0 fully saturated rings. The van der Waals surface area contributed by atoms with Gasteiger partial charge in [-0.3, -0.25) is 4.79 Å². The van der Waals surface area contributed by atoms with Crippen LogP contribution in [-0.4, -0.2) is 45.4 Å². The van der Waals surface area contributed by atoms with Crippen molar-refractivity contribution in [3.8, 4) is 17.2 Å². The van der Waals surface area contributed by atoms with Crippen molar-refractivity contribution >= 4 is 11.9 Å². The van der Waals surface area contributed by atoms with Crippen LogP contribution in [0.25, 0.3) is 0 Å². The summed E-state index contributed by atoms with van der Waals surface area (Å²) in [5.41, 5.74) is 0.986. The zero-order valence-corrected chi connectivity index (χ0v) is 16.3. The summed E-state index contributed by atoms with van der Waals surface area (Å²) in [4.78, 5) is 23.8. The number of hydrogen-bond donors (Lipinski definition) is 1. The zero-order chi connectivity index (χ0) is 20.4.